The fourth-order valence-corrected chi connectivity index (χ4v) is 3.34. The number of aliphatic hydroxyl groups is 1. The number of carbonyl (C=O) groups excluding carboxylic acids is 2. The van der Waals surface area contributed by atoms with Gasteiger partial charge in [0.05, 0.1) is 18.0 Å². The second kappa shape index (κ2) is 8.30. The van der Waals surface area contributed by atoms with Crippen LogP contribution in [-0.2, 0) is 0 Å². The van der Waals surface area contributed by atoms with E-state index in [1.54, 1.807) is 41.3 Å². The van der Waals surface area contributed by atoms with E-state index in [9.17, 15) is 14.7 Å². The number of nitrogen functional groups attached to an aromatic ring is 1. The van der Waals surface area contributed by atoms with E-state index in [4.69, 9.17) is 5.73 Å². The maximum absolute atomic E-state index is 12.7. The van der Waals surface area contributed by atoms with Gasteiger partial charge in [0.15, 0.2) is 11.5 Å². The van der Waals surface area contributed by atoms with Crippen molar-refractivity contribution in [3.8, 4) is 11.3 Å². The van der Waals surface area contributed by atoms with Crippen molar-refractivity contribution < 1.29 is 20.4 Å². The van der Waals surface area contributed by atoms with Gasteiger partial charge in [-0.3, -0.25) is 9.59 Å². The lowest BCUT2D eigenvalue weighted by Gasteiger charge is -2.16. The lowest BCUT2D eigenvalue weighted by atomic mass is 10.1. The average Bonchev–Trinajstić information content (AvgIpc) is 3.20. The van der Waals surface area contributed by atoms with E-state index < -0.39 is 12.0 Å². The van der Waals surface area contributed by atoms with Gasteiger partial charge < -0.3 is 21.1 Å². The number of nitrogens with two attached hydrogens (primary N) is 1. The molecule has 0 saturated carbocycles. The number of amides is 2. The van der Waals surface area contributed by atoms with Crippen molar-refractivity contribution in [2.45, 2.75) is 12.5 Å². The summed E-state index contributed by atoms with van der Waals surface area (Å²) in [5, 5.41) is 12.4. The van der Waals surface area contributed by atoms with E-state index in [1.165, 1.54) is 6.20 Å². The lowest BCUT2D eigenvalue weighted by Crippen LogP contribution is -2.29. The summed E-state index contributed by atoms with van der Waals surface area (Å²) in [6.07, 6.45) is 1.57. The van der Waals surface area contributed by atoms with Crippen LogP contribution in [0.25, 0.3) is 11.3 Å². The quantitative estimate of drug-likeness (QED) is 0.606. The molecule has 0 spiro atoms. The first-order valence-electron chi connectivity index (χ1n) is 9.58. The smallest absolute Gasteiger partial charge is 0.278 e. The van der Waals surface area contributed by atoms with Crippen LogP contribution < -0.4 is 11.1 Å². The number of anilines is 2. The van der Waals surface area contributed by atoms with Crippen molar-refractivity contribution in [3.05, 3.63) is 72.1 Å². The monoisotopic (exact) mass is 411 g/mol. The molecule has 2 aromatic carbocycles. The Kier molecular flexibility index (Phi) is 5.40. The van der Waals surface area contributed by atoms with Crippen LogP contribution in [-0.4, -0.2) is 51.0 Å². The third-order valence-electron chi connectivity index (χ3n) is 4.90. The summed E-state index contributed by atoms with van der Waals surface area (Å²) < 4.78 is 0. The summed E-state index contributed by atoms with van der Waals surface area (Å²) in [7, 11) is 0. The first-order chi connectivity index (χ1) is 14.5. The molecule has 8 nitrogen and oxygen atoms in total. The van der Waals surface area contributed by atoms with Gasteiger partial charge in [-0.05, 0) is 30.7 Å². The highest BCUT2D eigenvalue weighted by Gasteiger charge is 2.25. The van der Waals surface area contributed by atoms with Crippen molar-refractivity contribution in [2.75, 3.05) is 24.1 Å². The molecule has 4 rings (SSSR count). The fourth-order valence-electron chi connectivity index (χ4n) is 3.34. The predicted octanol–water partition coefficient (Wildman–Crippen LogP) is 3.17. The fraction of sp³-hybridized carbons (Fsp3) is 0.182. The Bertz CT molecular complexity index is 1100. The standard InChI is InChI=1S/C22H21N5O3.4H2/c23-20-19(21(29)25-16-7-2-1-3-8-16)26-18(12-24-20)14-5-4-6-15(11-14)22(30)27-10-9-17(28)13-27;;;;/h1-8,11-12,17,28H,9-10,13H2,(H2,23,24)(H,25,29);4*1H. The Morgan fingerprint density at radius 2 is 1.97 bits per heavy atom. The molecule has 1 atom stereocenters. The Morgan fingerprint density at radius 3 is 2.70 bits per heavy atom. The second-order valence-electron chi connectivity index (χ2n) is 7.08. The average molecular weight is 412 g/mol. The third-order valence-corrected chi connectivity index (χ3v) is 4.90. The van der Waals surface area contributed by atoms with Gasteiger partial charge in [0.2, 0.25) is 0 Å². The molecule has 1 aliphatic heterocycles. The number of benzene rings is 2. The Labute approximate surface area is 179 Å². The van der Waals surface area contributed by atoms with Crippen LogP contribution in [0.2, 0.25) is 0 Å². The molecule has 0 aliphatic carbocycles. The van der Waals surface area contributed by atoms with E-state index in [0.717, 1.165) is 0 Å². The number of hydrogen-bond donors (Lipinski definition) is 3. The molecular weight excluding hydrogens is 382 g/mol. The summed E-state index contributed by atoms with van der Waals surface area (Å²) in [4.78, 5) is 35.4. The number of rotatable bonds is 4. The van der Waals surface area contributed by atoms with Gasteiger partial charge in [-0.1, -0.05) is 30.3 Å². The Balaban J connectivity index is 0.00000272. The molecule has 160 valence electrons. The molecule has 0 radical (unpaired) electrons. The van der Waals surface area contributed by atoms with Crippen LogP contribution in [0.5, 0.6) is 0 Å². The van der Waals surface area contributed by atoms with Crippen LogP contribution in [0.15, 0.2) is 60.8 Å². The van der Waals surface area contributed by atoms with Crippen molar-refractivity contribution >= 4 is 23.3 Å². The third kappa shape index (κ3) is 4.13. The van der Waals surface area contributed by atoms with Gasteiger partial charge in [-0.25, -0.2) is 9.97 Å². The summed E-state index contributed by atoms with van der Waals surface area (Å²) in [5.74, 6) is -0.601. The zero-order chi connectivity index (χ0) is 21.1. The van der Waals surface area contributed by atoms with E-state index >= 15 is 0 Å². The maximum atomic E-state index is 12.7. The molecule has 3 aromatic rings. The number of nitrogens with one attached hydrogen (secondary N) is 1. The molecule has 1 saturated heterocycles. The van der Waals surface area contributed by atoms with Gasteiger partial charge in [-0.15, -0.1) is 0 Å². The van der Waals surface area contributed by atoms with Gasteiger partial charge in [0.1, 0.15) is 0 Å². The van der Waals surface area contributed by atoms with Crippen LogP contribution in [0.1, 0.15) is 33.0 Å². The van der Waals surface area contributed by atoms with Crippen LogP contribution in [0.4, 0.5) is 11.5 Å². The minimum Gasteiger partial charge on any atom is -0.391 e. The highest BCUT2D eigenvalue weighted by atomic mass is 16.3. The van der Waals surface area contributed by atoms with Crippen LogP contribution in [0.3, 0.4) is 0 Å². The predicted molar refractivity (Wildman–Crippen MR) is 121 cm³/mol. The normalized spacial score (nSPS) is 15.8. The Hall–Kier alpha value is -3.78. The van der Waals surface area contributed by atoms with E-state index in [0.29, 0.717) is 42.0 Å². The van der Waals surface area contributed by atoms with Gasteiger partial charge in [-0.2, -0.15) is 0 Å². The first kappa shape index (κ1) is 19.5. The summed E-state index contributed by atoms with van der Waals surface area (Å²) in [6.45, 7) is 0.851. The Morgan fingerprint density at radius 1 is 1.17 bits per heavy atom. The number of hydrogen-bond acceptors (Lipinski definition) is 6. The van der Waals surface area contributed by atoms with Crippen molar-refractivity contribution in [2.24, 2.45) is 0 Å². The van der Waals surface area contributed by atoms with Crippen LogP contribution in [0, 0.1) is 0 Å². The minimum absolute atomic E-state index is 0. The maximum Gasteiger partial charge on any atom is 0.278 e. The molecule has 1 fully saturated rings. The van der Waals surface area contributed by atoms with Crippen molar-refractivity contribution in [1.29, 1.82) is 0 Å². The molecular formula is C22H29N5O3. The number of β-amino-alcohol motifs (C(OH)–C–C–N with tert-alkyl or cyclic N) is 1. The highest BCUT2D eigenvalue weighted by Crippen LogP contribution is 2.22. The minimum atomic E-state index is -0.481. The first-order valence-corrected chi connectivity index (χ1v) is 9.58. The molecule has 1 aliphatic rings. The number of aliphatic hydroxyl groups excluding tert-OH is 1. The van der Waals surface area contributed by atoms with E-state index in [-0.39, 0.29) is 23.1 Å². The zero-order valence-electron chi connectivity index (χ0n) is 16.2. The van der Waals surface area contributed by atoms with E-state index in [1.807, 2.05) is 18.2 Å². The largest absolute Gasteiger partial charge is 0.391 e. The number of para-hydroxylation sites is 1. The number of nitrogens with zero attached hydrogens (tertiary/aromatic N) is 3. The van der Waals surface area contributed by atoms with E-state index in [2.05, 4.69) is 15.3 Å². The molecule has 30 heavy (non-hydrogen) atoms. The molecule has 1 aromatic heterocycles. The number of aromatic nitrogens is 2. The summed E-state index contributed by atoms with van der Waals surface area (Å²) in [6, 6.07) is 15.9. The molecule has 2 amide bonds. The number of likely N-dealkylation sites (tertiary alicyclic amines) is 1. The summed E-state index contributed by atoms with van der Waals surface area (Å²) in [5.41, 5.74) is 8.06. The topological polar surface area (TPSA) is 121 Å². The highest BCUT2D eigenvalue weighted by molar-refractivity contribution is 6.06. The van der Waals surface area contributed by atoms with Gasteiger partial charge in [0, 0.05) is 35.6 Å². The van der Waals surface area contributed by atoms with Gasteiger partial charge >= 0.3 is 0 Å². The zero-order valence-corrected chi connectivity index (χ0v) is 16.2. The molecule has 0 bridgehead atoms. The SMILES string of the molecule is Nc1ncc(-c2cccc(C(=O)N3CCC(O)C3)c2)nc1C(=O)Nc1ccccc1.[HH].[HH].[HH].[HH]. The van der Waals surface area contributed by atoms with Gasteiger partial charge in [0.25, 0.3) is 11.8 Å². The molecule has 8 heteroatoms. The second-order valence-corrected chi connectivity index (χ2v) is 7.08. The number of carbonyl (C=O) groups is 2. The summed E-state index contributed by atoms with van der Waals surface area (Å²) >= 11 is 0. The molecule has 2 heterocycles. The molecule has 1 unspecified atom stereocenters. The van der Waals surface area contributed by atoms with Crippen LogP contribution >= 0.6 is 0 Å². The lowest BCUT2D eigenvalue weighted by molar-refractivity contribution is 0.0765. The van der Waals surface area contributed by atoms with Crippen molar-refractivity contribution in [3.63, 3.8) is 0 Å². The molecule has 4 N–H and O–H groups in total. The van der Waals surface area contributed by atoms with Crippen molar-refractivity contribution in [1.82, 2.24) is 14.9 Å².